The SMILES string of the molecule is COC(CN)CC(=O)NCC1Cc2ccccc2O1. The number of nitrogens with one attached hydrogen (secondary N) is 1. The van der Waals surface area contributed by atoms with Crippen LogP contribution in [0.4, 0.5) is 0 Å². The predicted molar refractivity (Wildman–Crippen MR) is 72.0 cm³/mol. The Bertz CT molecular complexity index is 407. The van der Waals surface area contributed by atoms with E-state index in [2.05, 4.69) is 5.32 Å². The molecule has 5 heteroatoms. The van der Waals surface area contributed by atoms with Gasteiger partial charge in [0.15, 0.2) is 0 Å². The summed E-state index contributed by atoms with van der Waals surface area (Å²) in [4.78, 5) is 11.7. The molecule has 1 aliphatic rings. The first-order valence-corrected chi connectivity index (χ1v) is 6.47. The lowest BCUT2D eigenvalue weighted by Crippen LogP contribution is -2.37. The van der Waals surface area contributed by atoms with Crippen molar-refractivity contribution in [2.24, 2.45) is 5.73 Å². The van der Waals surface area contributed by atoms with Gasteiger partial charge < -0.3 is 20.5 Å². The molecule has 1 aromatic carbocycles. The van der Waals surface area contributed by atoms with Crippen molar-refractivity contribution in [3.05, 3.63) is 29.8 Å². The summed E-state index contributed by atoms with van der Waals surface area (Å²) in [6.07, 6.45) is 0.912. The molecular formula is C14H20N2O3. The molecule has 2 rings (SSSR count). The highest BCUT2D eigenvalue weighted by atomic mass is 16.5. The van der Waals surface area contributed by atoms with Crippen molar-refractivity contribution in [3.8, 4) is 5.75 Å². The highest BCUT2D eigenvalue weighted by Gasteiger charge is 2.22. The van der Waals surface area contributed by atoms with E-state index in [4.69, 9.17) is 15.2 Å². The summed E-state index contributed by atoms with van der Waals surface area (Å²) in [5.74, 6) is 0.857. The molecule has 0 spiro atoms. The minimum absolute atomic E-state index is 0.0141. The van der Waals surface area contributed by atoms with Crippen molar-refractivity contribution < 1.29 is 14.3 Å². The molecular weight excluding hydrogens is 244 g/mol. The number of ether oxygens (including phenoxy) is 2. The van der Waals surface area contributed by atoms with Gasteiger partial charge in [0.1, 0.15) is 11.9 Å². The molecule has 1 heterocycles. The lowest BCUT2D eigenvalue weighted by Gasteiger charge is -2.15. The molecule has 1 aliphatic heterocycles. The zero-order valence-corrected chi connectivity index (χ0v) is 11.1. The summed E-state index contributed by atoms with van der Waals surface area (Å²) in [6, 6.07) is 7.94. The van der Waals surface area contributed by atoms with Gasteiger partial charge in [0.25, 0.3) is 0 Å². The molecule has 0 saturated heterocycles. The van der Waals surface area contributed by atoms with Crippen LogP contribution in [-0.2, 0) is 16.0 Å². The number of hydrogen-bond donors (Lipinski definition) is 2. The van der Waals surface area contributed by atoms with E-state index in [0.717, 1.165) is 12.2 Å². The van der Waals surface area contributed by atoms with Gasteiger partial charge in [0.2, 0.25) is 5.91 Å². The van der Waals surface area contributed by atoms with Gasteiger partial charge in [-0.3, -0.25) is 4.79 Å². The zero-order valence-electron chi connectivity index (χ0n) is 11.1. The molecule has 0 aliphatic carbocycles. The van der Waals surface area contributed by atoms with Crippen molar-refractivity contribution in [2.75, 3.05) is 20.2 Å². The van der Waals surface area contributed by atoms with Gasteiger partial charge in [-0.2, -0.15) is 0 Å². The van der Waals surface area contributed by atoms with E-state index in [1.807, 2.05) is 24.3 Å². The number of methoxy groups -OCH3 is 1. The lowest BCUT2D eigenvalue weighted by atomic mass is 10.1. The van der Waals surface area contributed by atoms with Gasteiger partial charge in [0.05, 0.1) is 19.1 Å². The summed E-state index contributed by atoms with van der Waals surface area (Å²) in [5.41, 5.74) is 6.67. The second-order valence-corrected chi connectivity index (χ2v) is 4.65. The maximum atomic E-state index is 11.7. The molecule has 0 bridgehead atoms. The summed E-state index contributed by atoms with van der Waals surface area (Å²) in [7, 11) is 1.56. The Labute approximate surface area is 113 Å². The molecule has 104 valence electrons. The summed E-state index contributed by atoms with van der Waals surface area (Å²) in [5, 5.41) is 2.86. The first kappa shape index (κ1) is 13.8. The van der Waals surface area contributed by atoms with Gasteiger partial charge in [0, 0.05) is 20.1 Å². The van der Waals surface area contributed by atoms with E-state index in [1.165, 1.54) is 5.56 Å². The molecule has 5 nitrogen and oxygen atoms in total. The van der Waals surface area contributed by atoms with Crippen molar-refractivity contribution in [1.82, 2.24) is 5.32 Å². The Balaban J connectivity index is 1.74. The number of benzene rings is 1. The van der Waals surface area contributed by atoms with Crippen LogP contribution in [0, 0.1) is 0 Å². The first-order valence-electron chi connectivity index (χ1n) is 6.47. The Hall–Kier alpha value is -1.59. The second-order valence-electron chi connectivity index (χ2n) is 4.65. The number of carbonyl (C=O) groups is 1. The molecule has 0 saturated carbocycles. The second kappa shape index (κ2) is 6.54. The van der Waals surface area contributed by atoms with Gasteiger partial charge in [-0.05, 0) is 11.6 Å². The van der Waals surface area contributed by atoms with Crippen LogP contribution in [0.5, 0.6) is 5.75 Å². The summed E-state index contributed by atoms with van der Waals surface area (Å²) < 4.78 is 10.8. The number of rotatable bonds is 6. The Kier molecular flexibility index (Phi) is 4.76. The molecule has 3 N–H and O–H groups in total. The summed E-state index contributed by atoms with van der Waals surface area (Å²) >= 11 is 0. The molecule has 0 fully saturated rings. The standard InChI is InChI=1S/C14H20N2O3/c1-18-11(8-15)7-14(17)16-9-12-6-10-4-2-3-5-13(10)19-12/h2-5,11-12H,6-9,15H2,1H3,(H,16,17). The van der Waals surface area contributed by atoms with Crippen LogP contribution >= 0.6 is 0 Å². The number of nitrogens with two attached hydrogens (primary N) is 1. The number of carbonyl (C=O) groups excluding carboxylic acids is 1. The quantitative estimate of drug-likeness (QED) is 0.783. The van der Waals surface area contributed by atoms with E-state index in [-0.39, 0.29) is 24.5 Å². The smallest absolute Gasteiger partial charge is 0.222 e. The minimum atomic E-state index is -0.221. The van der Waals surface area contributed by atoms with Crippen molar-refractivity contribution >= 4 is 5.91 Å². The fourth-order valence-electron chi connectivity index (χ4n) is 2.14. The van der Waals surface area contributed by atoms with Crippen molar-refractivity contribution in [2.45, 2.75) is 25.0 Å². The van der Waals surface area contributed by atoms with Crippen LogP contribution in [0.1, 0.15) is 12.0 Å². The monoisotopic (exact) mass is 264 g/mol. The molecule has 0 aromatic heterocycles. The van der Waals surface area contributed by atoms with Crippen molar-refractivity contribution in [3.63, 3.8) is 0 Å². The molecule has 2 unspecified atom stereocenters. The zero-order chi connectivity index (χ0) is 13.7. The number of para-hydroxylation sites is 1. The highest BCUT2D eigenvalue weighted by molar-refractivity contribution is 5.76. The van der Waals surface area contributed by atoms with Crippen LogP contribution in [0.3, 0.4) is 0 Å². The number of fused-ring (bicyclic) bond motifs is 1. The maximum absolute atomic E-state index is 11.7. The van der Waals surface area contributed by atoms with E-state index >= 15 is 0 Å². The fraction of sp³-hybridized carbons (Fsp3) is 0.500. The lowest BCUT2D eigenvalue weighted by molar-refractivity contribution is -0.123. The highest BCUT2D eigenvalue weighted by Crippen LogP contribution is 2.27. The maximum Gasteiger partial charge on any atom is 0.222 e. The van der Waals surface area contributed by atoms with E-state index in [0.29, 0.717) is 13.1 Å². The predicted octanol–water partition coefficient (Wildman–Crippen LogP) is 0.470. The van der Waals surface area contributed by atoms with Crippen LogP contribution in [-0.4, -0.2) is 38.3 Å². The van der Waals surface area contributed by atoms with Gasteiger partial charge in [-0.15, -0.1) is 0 Å². The number of amides is 1. The minimum Gasteiger partial charge on any atom is -0.488 e. The molecule has 19 heavy (non-hydrogen) atoms. The normalized spacial score (nSPS) is 18.5. The Morgan fingerprint density at radius 1 is 1.58 bits per heavy atom. The summed E-state index contributed by atoms with van der Waals surface area (Å²) in [6.45, 7) is 0.851. The average Bonchev–Trinajstić information content (AvgIpc) is 2.85. The van der Waals surface area contributed by atoms with Gasteiger partial charge >= 0.3 is 0 Å². The Morgan fingerprint density at radius 2 is 2.37 bits per heavy atom. The van der Waals surface area contributed by atoms with E-state index in [9.17, 15) is 4.79 Å². The third kappa shape index (κ3) is 3.68. The third-order valence-electron chi connectivity index (χ3n) is 3.25. The van der Waals surface area contributed by atoms with Crippen LogP contribution in [0.15, 0.2) is 24.3 Å². The van der Waals surface area contributed by atoms with Crippen LogP contribution in [0.25, 0.3) is 0 Å². The van der Waals surface area contributed by atoms with Crippen LogP contribution in [0.2, 0.25) is 0 Å². The average molecular weight is 264 g/mol. The van der Waals surface area contributed by atoms with E-state index in [1.54, 1.807) is 7.11 Å². The molecule has 1 amide bonds. The van der Waals surface area contributed by atoms with Gasteiger partial charge in [-0.25, -0.2) is 0 Å². The molecule has 0 radical (unpaired) electrons. The fourth-order valence-corrected chi connectivity index (χ4v) is 2.14. The Morgan fingerprint density at radius 3 is 3.05 bits per heavy atom. The first-order chi connectivity index (χ1) is 9.22. The van der Waals surface area contributed by atoms with E-state index < -0.39 is 0 Å². The molecule has 1 aromatic rings. The third-order valence-corrected chi connectivity index (χ3v) is 3.25. The molecule has 2 atom stereocenters. The largest absolute Gasteiger partial charge is 0.488 e. The van der Waals surface area contributed by atoms with Crippen molar-refractivity contribution in [1.29, 1.82) is 0 Å². The van der Waals surface area contributed by atoms with Crippen LogP contribution < -0.4 is 15.8 Å². The van der Waals surface area contributed by atoms with Gasteiger partial charge in [-0.1, -0.05) is 18.2 Å². The number of hydrogen-bond acceptors (Lipinski definition) is 4. The topological polar surface area (TPSA) is 73.6 Å².